The van der Waals surface area contributed by atoms with Gasteiger partial charge >= 0.3 is 0 Å². The van der Waals surface area contributed by atoms with E-state index < -0.39 is 0 Å². The van der Waals surface area contributed by atoms with E-state index in [0.717, 1.165) is 12.8 Å². The van der Waals surface area contributed by atoms with Crippen LogP contribution in [-0.2, 0) is 11.2 Å². The molecule has 1 aromatic rings. The van der Waals surface area contributed by atoms with E-state index in [4.69, 9.17) is 16.3 Å². The molecule has 2 rings (SSSR count). The van der Waals surface area contributed by atoms with Gasteiger partial charge in [0.2, 0.25) is 0 Å². The van der Waals surface area contributed by atoms with Gasteiger partial charge in [-0.2, -0.15) is 0 Å². The maximum absolute atomic E-state index is 14.0. The van der Waals surface area contributed by atoms with Crippen LogP contribution in [0.2, 0.25) is 5.02 Å². The van der Waals surface area contributed by atoms with E-state index in [1.54, 1.807) is 25.3 Å². The number of benzene rings is 1. The normalized spacial score (nSPS) is 19.6. The molecule has 0 radical (unpaired) electrons. The van der Waals surface area contributed by atoms with Crippen molar-refractivity contribution in [2.24, 2.45) is 0 Å². The van der Waals surface area contributed by atoms with Crippen molar-refractivity contribution in [3.63, 3.8) is 0 Å². The van der Waals surface area contributed by atoms with Crippen LogP contribution in [-0.4, -0.2) is 25.8 Å². The Bertz CT molecular complexity index is 432. The lowest BCUT2D eigenvalue weighted by molar-refractivity contribution is -0.0338. The second-order valence-electron chi connectivity index (χ2n) is 5.23. The van der Waals surface area contributed by atoms with Gasteiger partial charge in [0.05, 0.1) is 10.6 Å². The number of methoxy groups -OCH3 is 1. The Morgan fingerprint density at radius 2 is 2.11 bits per heavy atom. The maximum Gasteiger partial charge on any atom is 0.145 e. The molecule has 1 atom stereocenters. The molecule has 1 aromatic carbocycles. The Labute approximate surface area is 119 Å². The summed E-state index contributed by atoms with van der Waals surface area (Å²) in [4.78, 5) is 0. The number of hydrogen-bond donors (Lipinski definition) is 1. The highest BCUT2D eigenvalue weighted by Gasteiger charge is 2.41. The summed E-state index contributed by atoms with van der Waals surface area (Å²) >= 11 is 5.84. The first-order chi connectivity index (χ1) is 9.13. The Balaban J connectivity index is 2.21. The molecule has 0 amide bonds. The Hall–Kier alpha value is -0.640. The smallest absolute Gasteiger partial charge is 0.145 e. The van der Waals surface area contributed by atoms with Gasteiger partial charge in [0.1, 0.15) is 5.82 Å². The van der Waals surface area contributed by atoms with Gasteiger partial charge in [-0.3, -0.25) is 0 Å². The van der Waals surface area contributed by atoms with E-state index in [1.165, 1.54) is 12.8 Å². The van der Waals surface area contributed by atoms with Gasteiger partial charge in [-0.1, -0.05) is 36.6 Å². The Morgan fingerprint density at radius 3 is 2.68 bits per heavy atom. The van der Waals surface area contributed by atoms with Crippen molar-refractivity contribution in [2.75, 3.05) is 14.2 Å². The standard InChI is InChI=1S/C15H21ClFNO/c1-18-13(15(19-2)8-3-4-9-15)10-11-6-5-7-12(16)14(11)17/h5-7,13,18H,3-4,8-10H2,1-2H3. The summed E-state index contributed by atoms with van der Waals surface area (Å²) in [6.45, 7) is 0. The fourth-order valence-electron chi connectivity index (χ4n) is 3.15. The summed E-state index contributed by atoms with van der Waals surface area (Å²) in [5.41, 5.74) is 0.471. The highest BCUT2D eigenvalue weighted by Crippen LogP contribution is 2.37. The van der Waals surface area contributed by atoms with Crippen LogP contribution in [0, 0.1) is 5.82 Å². The first kappa shape index (κ1) is 14.8. The first-order valence-electron chi connectivity index (χ1n) is 6.78. The number of likely N-dealkylation sites (N-methyl/N-ethyl adjacent to an activating group) is 1. The van der Waals surface area contributed by atoms with E-state index in [9.17, 15) is 4.39 Å². The van der Waals surface area contributed by atoms with Crippen LogP contribution in [0.4, 0.5) is 4.39 Å². The van der Waals surface area contributed by atoms with Crippen molar-refractivity contribution in [1.82, 2.24) is 5.32 Å². The van der Waals surface area contributed by atoms with E-state index in [2.05, 4.69) is 5.32 Å². The molecule has 1 saturated carbocycles. The van der Waals surface area contributed by atoms with Crippen LogP contribution in [0.25, 0.3) is 0 Å². The third-order valence-corrected chi connectivity index (χ3v) is 4.59. The average Bonchev–Trinajstić information content (AvgIpc) is 2.90. The van der Waals surface area contributed by atoms with Gasteiger partial charge in [0.15, 0.2) is 0 Å². The van der Waals surface area contributed by atoms with Crippen LogP contribution in [0.5, 0.6) is 0 Å². The maximum atomic E-state index is 14.0. The summed E-state index contributed by atoms with van der Waals surface area (Å²) in [6.07, 6.45) is 4.99. The second-order valence-corrected chi connectivity index (χ2v) is 5.64. The van der Waals surface area contributed by atoms with Crippen LogP contribution >= 0.6 is 11.6 Å². The minimum atomic E-state index is -0.311. The van der Waals surface area contributed by atoms with Gasteiger partial charge in [-0.05, 0) is 37.9 Å². The van der Waals surface area contributed by atoms with Crippen LogP contribution in [0.1, 0.15) is 31.2 Å². The van der Waals surface area contributed by atoms with Crippen LogP contribution < -0.4 is 5.32 Å². The number of rotatable bonds is 5. The van der Waals surface area contributed by atoms with Crippen molar-refractivity contribution < 1.29 is 9.13 Å². The third-order valence-electron chi connectivity index (χ3n) is 4.30. The van der Waals surface area contributed by atoms with E-state index in [0.29, 0.717) is 12.0 Å². The average molecular weight is 286 g/mol. The molecule has 0 aliphatic heterocycles. The number of nitrogens with one attached hydrogen (secondary N) is 1. The lowest BCUT2D eigenvalue weighted by Gasteiger charge is -2.36. The van der Waals surface area contributed by atoms with Crippen molar-refractivity contribution in [3.05, 3.63) is 34.6 Å². The van der Waals surface area contributed by atoms with E-state index >= 15 is 0 Å². The molecule has 1 aliphatic rings. The molecular weight excluding hydrogens is 265 g/mol. The summed E-state index contributed by atoms with van der Waals surface area (Å²) in [7, 11) is 3.66. The number of halogens is 2. The van der Waals surface area contributed by atoms with E-state index in [-0.39, 0.29) is 22.5 Å². The fourth-order valence-corrected chi connectivity index (χ4v) is 3.34. The predicted octanol–water partition coefficient (Wildman–Crippen LogP) is 3.57. The summed E-state index contributed by atoms with van der Waals surface area (Å²) in [6, 6.07) is 5.27. The minimum absolute atomic E-state index is 0.105. The molecule has 0 heterocycles. The molecule has 106 valence electrons. The molecule has 0 spiro atoms. The molecular formula is C15H21ClFNO. The van der Waals surface area contributed by atoms with Crippen molar-refractivity contribution >= 4 is 11.6 Å². The molecule has 2 nitrogen and oxygen atoms in total. The lowest BCUT2D eigenvalue weighted by atomic mass is 9.87. The molecule has 1 unspecified atom stereocenters. The fraction of sp³-hybridized carbons (Fsp3) is 0.600. The van der Waals surface area contributed by atoms with Crippen LogP contribution in [0.3, 0.4) is 0 Å². The van der Waals surface area contributed by atoms with Crippen molar-refractivity contribution in [2.45, 2.75) is 43.7 Å². The van der Waals surface area contributed by atoms with E-state index in [1.807, 2.05) is 7.05 Å². The van der Waals surface area contributed by atoms with Crippen LogP contribution in [0.15, 0.2) is 18.2 Å². The molecule has 0 aromatic heterocycles. The second kappa shape index (κ2) is 6.21. The van der Waals surface area contributed by atoms with Gasteiger partial charge in [-0.25, -0.2) is 4.39 Å². The molecule has 1 fully saturated rings. The molecule has 1 aliphatic carbocycles. The van der Waals surface area contributed by atoms with Gasteiger partial charge < -0.3 is 10.1 Å². The first-order valence-corrected chi connectivity index (χ1v) is 7.16. The topological polar surface area (TPSA) is 21.3 Å². The summed E-state index contributed by atoms with van der Waals surface area (Å²) in [5, 5.41) is 3.48. The monoisotopic (exact) mass is 285 g/mol. The zero-order valence-electron chi connectivity index (χ0n) is 11.5. The molecule has 1 N–H and O–H groups in total. The largest absolute Gasteiger partial charge is 0.377 e. The minimum Gasteiger partial charge on any atom is -0.377 e. The highest BCUT2D eigenvalue weighted by molar-refractivity contribution is 6.30. The third kappa shape index (κ3) is 2.93. The van der Waals surface area contributed by atoms with Gasteiger partial charge in [0, 0.05) is 13.2 Å². The lowest BCUT2D eigenvalue weighted by Crippen LogP contribution is -2.50. The summed E-state index contributed by atoms with van der Waals surface area (Å²) < 4.78 is 19.8. The zero-order chi connectivity index (χ0) is 13.9. The Morgan fingerprint density at radius 1 is 1.42 bits per heavy atom. The molecule has 19 heavy (non-hydrogen) atoms. The molecule has 0 bridgehead atoms. The van der Waals surface area contributed by atoms with Crippen molar-refractivity contribution in [1.29, 1.82) is 0 Å². The summed E-state index contributed by atoms with van der Waals surface area (Å²) in [5.74, 6) is -0.311. The Kier molecular flexibility index (Phi) is 4.82. The predicted molar refractivity (Wildman–Crippen MR) is 76.2 cm³/mol. The number of ether oxygens (including phenoxy) is 1. The van der Waals surface area contributed by atoms with Gasteiger partial charge in [0.25, 0.3) is 0 Å². The quantitative estimate of drug-likeness (QED) is 0.893. The van der Waals surface area contributed by atoms with Gasteiger partial charge in [-0.15, -0.1) is 0 Å². The van der Waals surface area contributed by atoms with Crippen molar-refractivity contribution in [3.8, 4) is 0 Å². The number of hydrogen-bond acceptors (Lipinski definition) is 2. The highest BCUT2D eigenvalue weighted by atomic mass is 35.5. The zero-order valence-corrected chi connectivity index (χ0v) is 12.3. The SMILES string of the molecule is CNC(Cc1cccc(Cl)c1F)C1(OC)CCCC1. The molecule has 4 heteroatoms. The molecule has 0 saturated heterocycles.